The molecule has 7 N–H and O–H groups in total. The predicted molar refractivity (Wildman–Crippen MR) is 203 cm³/mol. The number of methoxy groups -OCH3 is 1. The fraction of sp³-hybridized carbons (Fsp3) is 0.122. The number of hydrogen-bond donors (Lipinski definition) is 5. The van der Waals surface area contributed by atoms with E-state index in [-0.39, 0.29) is 12.8 Å². The molecular weight excluding hydrogens is 674 g/mol. The first-order valence-electron chi connectivity index (χ1n) is 16.7. The Morgan fingerprint density at radius 3 is 1.62 bits per heavy atom. The van der Waals surface area contributed by atoms with E-state index in [1.54, 1.807) is 43.5 Å². The maximum atomic E-state index is 11.3. The van der Waals surface area contributed by atoms with Crippen LogP contribution in [0, 0.1) is 0 Å². The Hall–Kier alpha value is -7.08. The molecule has 0 aliphatic rings. The zero-order valence-electron chi connectivity index (χ0n) is 28.9. The fourth-order valence-corrected chi connectivity index (χ4v) is 5.88. The Bertz CT molecular complexity index is 2210. The number of amides is 3. The van der Waals surface area contributed by atoms with Gasteiger partial charge in [0.2, 0.25) is 5.91 Å². The van der Waals surface area contributed by atoms with Gasteiger partial charge in [-0.3, -0.25) is 14.4 Å². The fourth-order valence-electron chi connectivity index (χ4n) is 5.88. The van der Waals surface area contributed by atoms with Gasteiger partial charge < -0.3 is 40.9 Å². The molecule has 0 spiro atoms. The molecule has 2 heterocycles. The third-order valence-corrected chi connectivity index (χ3v) is 8.35. The molecule has 0 bridgehead atoms. The summed E-state index contributed by atoms with van der Waals surface area (Å²) in [5, 5.41) is 20.6. The average molecular weight is 714 g/mol. The van der Waals surface area contributed by atoms with Crippen LogP contribution >= 0.6 is 0 Å². The van der Waals surface area contributed by atoms with Gasteiger partial charge in [-0.15, -0.1) is 0 Å². The van der Waals surface area contributed by atoms with Crippen LogP contribution in [-0.4, -0.2) is 50.3 Å². The highest BCUT2D eigenvalue weighted by molar-refractivity contribution is 5.93. The van der Waals surface area contributed by atoms with Gasteiger partial charge in [-0.2, -0.15) is 0 Å². The monoisotopic (exact) mass is 713 g/mol. The molecule has 0 unspecified atom stereocenters. The van der Waals surface area contributed by atoms with Gasteiger partial charge in [0, 0.05) is 39.6 Å². The van der Waals surface area contributed by atoms with Gasteiger partial charge in [0.15, 0.2) is 0 Å². The summed E-state index contributed by atoms with van der Waals surface area (Å²) in [6.07, 6.45) is 0.890. The summed E-state index contributed by atoms with van der Waals surface area (Å²) in [5.74, 6) is -1.45. The summed E-state index contributed by atoms with van der Waals surface area (Å²) in [7, 11) is 1.61. The zero-order valence-corrected chi connectivity index (χ0v) is 28.9. The van der Waals surface area contributed by atoms with Crippen molar-refractivity contribution in [3.63, 3.8) is 0 Å². The van der Waals surface area contributed by atoms with Crippen molar-refractivity contribution >= 4 is 29.6 Å². The summed E-state index contributed by atoms with van der Waals surface area (Å²) < 4.78 is 9.33. The summed E-state index contributed by atoms with van der Waals surface area (Å²) in [6.45, 7) is 0. The van der Waals surface area contributed by atoms with Gasteiger partial charge in [0.1, 0.15) is 5.75 Å². The maximum Gasteiger partial charge on any atom is 0.316 e. The quantitative estimate of drug-likeness (QED) is 0.0857. The number of aromatic nitrogens is 2. The Morgan fingerprint density at radius 1 is 0.623 bits per heavy atom. The van der Waals surface area contributed by atoms with E-state index in [9.17, 15) is 19.2 Å². The molecule has 0 atom stereocenters. The van der Waals surface area contributed by atoms with Crippen molar-refractivity contribution in [1.82, 2.24) is 9.13 Å². The minimum Gasteiger partial charge on any atom is -0.497 e. The van der Waals surface area contributed by atoms with Crippen LogP contribution in [0.15, 0.2) is 127 Å². The predicted octanol–water partition coefficient (Wildman–Crippen LogP) is 6.92. The summed E-state index contributed by atoms with van der Waals surface area (Å²) in [6, 6.07) is 38.9. The highest BCUT2D eigenvalue weighted by Gasteiger charge is 2.15. The topological polar surface area (TPSA) is 192 Å². The molecule has 0 saturated carbocycles. The summed E-state index contributed by atoms with van der Waals surface area (Å²) >= 11 is 0. The van der Waals surface area contributed by atoms with Crippen molar-refractivity contribution in [3.8, 4) is 39.6 Å². The van der Waals surface area contributed by atoms with E-state index in [4.69, 9.17) is 26.4 Å². The standard InChI is InChI=1S/C21H20N2O4.C20H19N3O3/c1-27-18-4-2-3-15(13-18)19-11-9-17(10-12-20(24)25)23(19)16-7-5-14(6-8-16)21(22)26;21-20(26)22-15-6-8-16(9-7-15)23-17(11-13-19(24)25)10-12-18(23)14-4-2-1-3-5-14/h2-9,11,13H,10,12H2,1H3,(H2,22,26)(H,24,25);1-10,12H,11,13H2,(H,24,25)(H3,21,22,26). The van der Waals surface area contributed by atoms with E-state index in [0.29, 0.717) is 24.1 Å². The zero-order chi connectivity index (χ0) is 37.9. The lowest BCUT2D eigenvalue weighted by molar-refractivity contribution is -0.138. The number of nitrogens with one attached hydrogen (secondary N) is 1. The van der Waals surface area contributed by atoms with Crippen LogP contribution < -0.4 is 21.5 Å². The number of nitrogens with two attached hydrogens (primary N) is 2. The number of aliphatic carboxylic acids is 2. The molecule has 12 nitrogen and oxygen atoms in total. The molecule has 3 amide bonds. The van der Waals surface area contributed by atoms with Crippen LogP contribution in [0.25, 0.3) is 33.9 Å². The molecule has 0 radical (unpaired) electrons. The number of nitrogens with zero attached hydrogens (tertiary/aromatic N) is 2. The lowest BCUT2D eigenvalue weighted by atomic mass is 10.1. The van der Waals surface area contributed by atoms with E-state index >= 15 is 0 Å². The molecule has 270 valence electrons. The first-order chi connectivity index (χ1) is 25.5. The lowest BCUT2D eigenvalue weighted by Crippen LogP contribution is -2.19. The van der Waals surface area contributed by atoms with Crippen molar-refractivity contribution in [3.05, 3.63) is 144 Å². The number of anilines is 1. The molecule has 0 aliphatic carbocycles. The normalized spacial score (nSPS) is 10.5. The smallest absolute Gasteiger partial charge is 0.316 e. The Morgan fingerprint density at radius 2 is 1.13 bits per heavy atom. The molecule has 0 saturated heterocycles. The van der Waals surface area contributed by atoms with Crippen LogP contribution in [0.5, 0.6) is 5.75 Å². The van der Waals surface area contributed by atoms with Gasteiger partial charge in [-0.05, 0) is 103 Å². The number of carboxylic acid groups (broad SMARTS) is 2. The van der Waals surface area contributed by atoms with Crippen LogP contribution in [0.4, 0.5) is 10.5 Å². The van der Waals surface area contributed by atoms with Crippen molar-refractivity contribution in [2.45, 2.75) is 25.7 Å². The van der Waals surface area contributed by atoms with Crippen LogP contribution in [-0.2, 0) is 22.4 Å². The number of aryl methyl sites for hydroxylation is 2. The van der Waals surface area contributed by atoms with Crippen LogP contribution in [0.1, 0.15) is 34.6 Å². The van der Waals surface area contributed by atoms with Crippen molar-refractivity contribution in [1.29, 1.82) is 0 Å². The Kier molecular flexibility index (Phi) is 12.1. The first kappa shape index (κ1) is 37.2. The number of ether oxygens (including phenoxy) is 1. The third kappa shape index (κ3) is 9.58. The minimum atomic E-state index is -0.852. The number of hydrogen-bond acceptors (Lipinski definition) is 5. The van der Waals surface area contributed by atoms with E-state index in [1.165, 1.54) is 0 Å². The SMILES string of the molecule is COc1cccc(-c2ccc(CCC(=O)O)n2-c2ccc(C(N)=O)cc2)c1.NC(=O)Nc1ccc(-n2c(CCC(=O)O)ccc2-c2ccccc2)cc1. The minimum absolute atomic E-state index is 0.0287. The van der Waals surface area contributed by atoms with E-state index in [1.807, 2.05) is 100 Å². The number of rotatable bonds is 13. The van der Waals surface area contributed by atoms with Gasteiger partial charge in [-0.25, -0.2) is 4.79 Å². The highest BCUT2D eigenvalue weighted by Crippen LogP contribution is 2.31. The average Bonchev–Trinajstić information content (AvgIpc) is 3.79. The second kappa shape index (κ2) is 17.2. The van der Waals surface area contributed by atoms with Crippen molar-refractivity contribution in [2.24, 2.45) is 11.5 Å². The van der Waals surface area contributed by atoms with Gasteiger partial charge in [0.05, 0.1) is 31.3 Å². The van der Waals surface area contributed by atoms with E-state index < -0.39 is 23.9 Å². The van der Waals surface area contributed by atoms with E-state index in [0.717, 1.165) is 51.0 Å². The number of urea groups is 1. The second-order valence-corrected chi connectivity index (χ2v) is 11.9. The molecule has 6 aromatic rings. The molecule has 12 heteroatoms. The van der Waals surface area contributed by atoms with Gasteiger partial charge >= 0.3 is 18.0 Å². The number of benzene rings is 4. The van der Waals surface area contributed by atoms with Gasteiger partial charge in [0.25, 0.3) is 0 Å². The lowest BCUT2D eigenvalue weighted by Gasteiger charge is -2.15. The van der Waals surface area contributed by atoms with Crippen molar-refractivity contribution < 1.29 is 34.1 Å². The molecule has 2 aromatic heterocycles. The van der Waals surface area contributed by atoms with E-state index in [2.05, 4.69) is 5.32 Å². The maximum absolute atomic E-state index is 11.3. The molecule has 4 aromatic carbocycles. The molecule has 53 heavy (non-hydrogen) atoms. The number of primary amides is 2. The summed E-state index contributed by atoms with van der Waals surface area (Å²) in [4.78, 5) is 44.3. The van der Waals surface area contributed by atoms with Crippen LogP contribution in [0.3, 0.4) is 0 Å². The molecule has 0 fully saturated rings. The van der Waals surface area contributed by atoms with Gasteiger partial charge in [-0.1, -0.05) is 42.5 Å². The Balaban J connectivity index is 0.000000204. The second-order valence-electron chi connectivity index (χ2n) is 11.9. The highest BCUT2D eigenvalue weighted by atomic mass is 16.5. The van der Waals surface area contributed by atoms with Crippen molar-refractivity contribution in [2.75, 3.05) is 12.4 Å². The third-order valence-electron chi connectivity index (χ3n) is 8.35. The van der Waals surface area contributed by atoms with Crippen LogP contribution in [0.2, 0.25) is 0 Å². The number of carbonyl (C=O) groups is 4. The molecular formula is C41H39N5O7. The number of carbonyl (C=O) groups excluding carboxylic acids is 2. The summed E-state index contributed by atoms with van der Waals surface area (Å²) in [5.41, 5.74) is 18.8. The first-order valence-corrected chi connectivity index (χ1v) is 16.7. The molecule has 0 aliphatic heterocycles. The molecule has 6 rings (SSSR count). The Labute approximate surface area is 305 Å². The number of carboxylic acids is 2. The largest absolute Gasteiger partial charge is 0.497 e.